The number of hydrogen-bond donors (Lipinski definition) is 1. The molecule has 0 aliphatic heterocycles. The number of rotatable bonds is 7. The van der Waals surface area contributed by atoms with Crippen molar-refractivity contribution in [3.8, 4) is 5.75 Å². The van der Waals surface area contributed by atoms with Crippen molar-refractivity contribution in [2.45, 2.75) is 19.4 Å². The summed E-state index contributed by atoms with van der Waals surface area (Å²) < 4.78 is 19.9. The van der Waals surface area contributed by atoms with Crippen LogP contribution < -0.4 is 10.1 Å². The fraction of sp³-hybridized carbons (Fsp3) is 0.235. The van der Waals surface area contributed by atoms with Crippen LogP contribution >= 0.6 is 15.9 Å². The molecule has 0 radical (unpaired) electrons. The fourth-order valence-electron chi connectivity index (χ4n) is 1.90. The zero-order valence-corrected chi connectivity index (χ0v) is 13.6. The highest BCUT2D eigenvalue weighted by Gasteiger charge is 2.04. The van der Waals surface area contributed by atoms with Crippen molar-refractivity contribution in [1.29, 1.82) is 0 Å². The Kier molecular flexibility index (Phi) is 6.40. The maximum Gasteiger partial charge on any atom is 0.220 e. The summed E-state index contributed by atoms with van der Waals surface area (Å²) >= 11 is 3.37. The Morgan fingerprint density at radius 2 is 2.00 bits per heavy atom. The van der Waals surface area contributed by atoms with Gasteiger partial charge in [-0.15, -0.1) is 0 Å². The molecule has 0 heterocycles. The summed E-state index contributed by atoms with van der Waals surface area (Å²) in [5.41, 5.74) is 0.487. The van der Waals surface area contributed by atoms with Gasteiger partial charge in [0.05, 0.1) is 6.61 Å². The minimum atomic E-state index is -0.305. The molecule has 0 atom stereocenters. The van der Waals surface area contributed by atoms with Crippen LogP contribution in [0.3, 0.4) is 0 Å². The van der Waals surface area contributed by atoms with E-state index in [0.29, 0.717) is 25.0 Å². The van der Waals surface area contributed by atoms with Crippen LogP contribution in [0.5, 0.6) is 5.75 Å². The Morgan fingerprint density at radius 3 is 2.77 bits per heavy atom. The Labute approximate surface area is 137 Å². The largest absolute Gasteiger partial charge is 0.494 e. The molecule has 1 N–H and O–H groups in total. The molecule has 116 valence electrons. The van der Waals surface area contributed by atoms with Crippen LogP contribution in [0.25, 0.3) is 0 Å². The lowest BCUT2D eigenvalue weighted by atomic mass is 10.2. The van der Waals surface area contributed by atoms with E-state index >= 15 is 0 Å². The molecule has 2 rings (SSSR count). The number of benzene rings is 2. The van der Waals surface area contributed by atoms with Crippen LogP contribution in [0.1, 0.15) is 18.4 Å². The Morgan fingerprint density at radius 1 is 1.18 bits per heavy atom. The zero-order valence-electron chi connectivity index (χ0n) is 12.0. The van der Waals surface area contributed by atoms with Gasteiger partial charge in [-0.05, 0) is 30.7 Å². The van der Waals surface area contributed by atoms with Gasteiger partial charge in [-0.2, -0.15) is 0 Å². The number of nitrogens with one attached hydrogen (secondary N) is 1. The molecule has 5 heteroatoms. The summed E-state index contributed by atoms with van der Waals surface area (Å²) in [4.78, 5) is 11.7. The topological polar surface area (TPSA) is 38.3 Å². The van der Waals surface area contributed by atoms with Gasteiger partial charge in [0.15, 0.2) is 0 Å². The highest BCUT2D eigenvalue weighted by atomic mass is 79.9. The predicted octanol–water partition coefficient (Wildman–Crippen LogP) is 4.06. The van der Waals surface area contributed by atoms with Gasteiger partial charge in [0.2, 0.25) is 5.91 Å². The standard InChI is InChI=1S/C17H17BrFNO2/c18-14-6-3-7-15(11-14)22-10-4-9-17(21)20-12-13-5-1-2-8-16(13)19/h1-3,5-8,11H,4,9-10,12H2,(H,20,21). The number of carbonyl (C=O) groups is 1. The lowest BCUT2D eigenvalue weighted by Gasteiger charge is -2.08. The molecule has 0 bridgehead atoms. The molecule has 2 aromatic rings. The molecule has 22 heavy (non-hydrogen) atoms. The van der Waals surface area contributed by atoms with Gasteiger partial charge in [-0.25, -0.2) is 4.39 Å². The van der Waals surface area contributed by atoms with Gasteiger partial charge in [0.1, 0.15) is 11.6 Å². The fourth-order valence-corrected chi connectivity index (χ4v) is 2.28. The first-order chi connectivity index (χ1) is 10.6. The van der Waals surface area contributed by atoms with Gasteiger partial charge in [0, 0.05) is 23.0 Å². The maximum absolute atomic E-state index is 13.4. The molecule has 0 unspecified atom stereocenters. The van der Waals surface area contributed by atoms with E-state index in [4.69, 9.17) is 4.74 Å². The van der Waals surface area contributed by atoms with Crippen LogP contribution in [-0.4, -0.2) is 12.5 Å². The number of hydrogen-bond acceptors (Lipinski definition) is 2. The van der Waals surface area contributed by atoms with E-state index in [1.54, 1.807) is 18.2 Å². The molecular formula is C17H17BrFNO2. The third-order valence-corrected chi connectivity index (χ3v) is 3.54. The summed E-state index contributed by atoms with van der Waals surface area (Å²) in [7, 11) is 0. The minimum absolute atomic E-state index is 0.110. The SMILES string of the molecule is O=C(CCCOc1cccc(Br)c1)NCc1ccccc1F. The number of carbonyl (C=O) groups excluding carboxylic acids is 1. The van der Waals surface area contributed by atoms with Crippen molar-refractivity contribution in [3.63, 3.8) is 0 Å². The number of ether oxygens (including phenoxy) is 1. The van der Waals surface area contributed by atoms with Crippen molar-refractivity contribution in [2.24, 2.45) is 0 Å². The predicted molar refractivity (Wildman–Crippen MR) is 87.1 cm³/mol. The first kappa shape index (κ1) is 16.5. The molecule has 1 amide bonds. The highest BCUT2D eigenvalue weighted by Crippen LogP contribution is 2.17. The van der Waals surface area contributed by atoms with E-state index in [9.17, 15) is 9.18 Å². The van der Waals surface area contributed by atoms with E-state index in [2.05, 4.69) is 21.2 Å². The molecule has 0 fully saturated rings. The van der Waals surface area contributed by atoms with E-state index in [1.165, 1.54) is 6.07 Å². The molecule has 0 saturated heterocycles. The lowest BCUT2D eigenvalue weighted by Crippen LogP contribution is -2.23. The van der Waals surface area contributed by atoms with Crippen molar-refractivity contribution in [3.05, 3.63) is 64.4 Å². The summed E-state index contributed by atoms with van der Waals surface area (Å²) in [6, 6.07) is 14.0. The Balaban J connectivity index is 1.65. The lowest BCUT2D eigenvalue weighted by molar-refractivity contribution is -0.121. The van der Waals surface area contributed by atoms with Crippen molar-refractivity contribution < 1.29 is 13.9 Å². The minimum Gasteiger partial charge on any atom is -0.494 e. The van der Waals surface area contributed by atoms with Crippen molar-refractivity contribution >= 4 is 21.8 Å². The molecule has 2 aromatic carbocycles. The zero-order chi connectivity index (χ0) is 15.8. The summed E-state index contributed by atoms with van der Waals surface area (Å²) in [6.07, 6.45) is 0.956. The second kappa shape index (κ2) is 8.54. The van der Waals surface area contributed by atoms with E-state index in [1.807, 2.05) is 24.3 Å². The van der Waals surface area contributed by atoms with Gasteiger partial charge in [0.25, 0.3) is 0 Å². The maximum atomic E-state index is 13.4. The smallest absolute Gasteiger partial charge is 0.220 e. The molecule has 0 saturated carbocycles. The third-order valence-electron chi connectivity index (χ3n) is 3.05. The second-order valence-corrected chi connectivity index (χ2v) is 5.69. The molecular weight excluding hydrogens is 349 g/mol. The van der Waals surface area contributed by atoms with Crippen LogP contribution in [-0.2, 0) is 11.3 Å². The van der Waals surface area contributed by atoms with Gasteiger partial charge < -0.3 is 10.1 Å². The molecule has 0 spiro atoms. The second-order valence-electron chi connectivity index (χ2n) is 4.78. The quantitative estimate of drug-likeness (QED) is 0.751. The third kappa shape index (κ3) is 5.48. The average molecular weight is 366 g/mol. The first-order valence-corrected chi connectivity index (χ1v) is 7.83. The number of amides is 1. The van der Waals surface area contributed by atoms with Crippen molar-refractivity contribution in [2.75, 3.05) is 6.61 Å². The van der Waals surface area contributed by atoms with E-state index in [-0.39, 0.29) is 18.3 Å². The first-order valence-electron chi connectivity index (χ1n) is 7.03. The number of halogens is 2. The van der Waals surface area contributed by atoms with Crippen LogP contribution in [0.2, 0.25) is 0 Å². The van der Waals surface area contributed by atoms with E-state index in [0.717, 1.165) is 10.2 Å². The van der Waals surface area contributed by atoms with Crippen molar-refractivity contribution in [1.82, 2.24) is 5.32 Å². The average Bonchev–Trinajstić information content (AvgIpc) is 2.51. The van der Waals surface area contributed by atoms with Gasteiger partial charge in [-0.1, -0.05) is 40.2 Å². The molecule has 0 aliphatic carbocycles. The highest BCUT2D eigenvalue weighted by molar-refractivity contribution is 9.10. The summed E-state index contributed by atoms with van der Waals surface area (Å²) in [6.45, 7) is 0.668. The Hall–Kier alpha value is -1.88. The monoisotopic (exact) mass is 365 g/mol. The molecule has 3 nitrogen and oxygen atoms in total. The van der Waals surface area contributed by atoms with E-state index < -0.39 is 0 Å². The Bertz CT molecular complexity index is 634. The summed E-state index contributed by atoms with van der Waals surface area (Å²) in [5, 5.41) is 2.71. The van der Waals surface area contributed by atoms with Crippen LogP contribution in [0.15, 0.2) is 53.0 Å². The van der Waals surface area contributed by atoms with Gasteiger partial charge in [-0.3, -0.25) is 4.79 Å². The molecule has 0 aromatic heterocycles. The van der Waals surface area contributed by atoms with Gasteiger partial charge >= 0.3 is 0 Å². The normalized spacial score (nSPS) is 10.3. The van der Waals surface area contributed by atoms with Crippen LogP contribution in [0, 0.1) is 5.82 Å². The molecule has 0 aliphatic rings. The summed E-state index contributed by atoms with van der Waals surface area (Å²) in [5.74, 6) is 0.350. The van der Waals surface area contributed by atoms with Crippen LogP contribution in [0.4, 0.5) is 4.39 Å².